The third-order valence-corrected chi connectivity index (χ3v) is 3.95. The lowest BCUT2D eigenvalue weighted by Gasteiger charge is -2.06. The lowest BCUT2D eigenvalue weighted by molar-refractivity contribution is 0.103. The molecule has 4 N–H and O–H groups in total. The van der Waals surface area contributed by atoms with Crippen molar-refractivity contribution in [3.8, 4) is 0 Å². The number of hydrogen-bond donors (Lipinski definition) is 3. The van der Waals surface area contributed by atoms with Crippen LogP contribution in [0.3, 0.4) is 0 Å². The van der Waals surface area contributed by atoms with Crippen LogP contribution in [0.2, 0.25) is 10.0 Å². The van der Waals surface area contributed by atoms with E-state index in [4.69, 9.17) is 28.9 Å². The zero-order chi connectivity index (χ0) is 14.9. The van der Waals surface area contributed by atoms with Crippen molar-refractivity contribution in [1.82, 2.24) is 4.98 Å². The number of rotatable bonds is 3. The predicted molar refractivity (Wildman–Crippen MR) is 80.4 cm³/mol. The van der Waals surface area contributed by atoms with Crippen LogP contribution in [0.25, 0.3) is 0 Å². The van der Waals surface area contributed by atoms with E-state index in [0.29, 0.717) is 5.13 Å². The van der Waals surface area contributed by atoms with Crippen molar-refractivity contribution in [3.63, 3.8) is 0 Å². The minimum absolute atomic E-state index is 0.108. The second kappa shape index (κ2) is 5.82. The fourth-order valence-electron chi connectivity index (χ4n) is 1.42. The Kier molecular flexibility index (Phi) is 4.32. The van der Waals surface area contributed by atoms with Crippen LogP contribution in [0.4, 0.5) is 21.0 Å². The monoisotopic (exact) mass is 334 g/mol. The van der Waals surface area contributed by atoms with E-state index in [-0.39, 0.29) is 26.4 Å². The number of halogens is 3. The molecule has 0 radical (unpaired) electrons. The molecule has 0 unspecified atom stereocenters. The Hall–Kier alpha value is -1.57. The molecule has 0 atom stereocenters. The first-order valence-electron chi connectivity index (χ1n) is 5.32. The maximum atomic E-state index is 13.3. The molecule has 0 spiro atoms. The average Bonchev–Trinajstić information content (AvgIpc) is 2.77. The standard InChI is InChI=1S/C11H9Cl2FN4OS/c1-16-11-18-9(15)8(20-11)10(19)17-4-2-5(12)7(14)6(13)3-4/h2-3H,15H2,1H3,(H,16,18)(H,17,19). The Labute approximate surface area is 127 Å². The summed E-state index contributed by atoms with van der Waals surface area (Å²) in [6.45, 7) is 0. The van der Waals surface area contributed by atoms with Gasteiger partial charge in [-0.2, -0.15) is 0 Å². The lowest BCUT2D eigenvalue weighted by Crippen LogP contribution is -2.12. The van der Waals surface area contributed by atoms with Gasteiger partial charge >= 0.3 is 0 Å². The van der Waals surface area contributed by atoms with E-state index in [1.54, 1.807) is 7.05 Å². The van der Waals surface area contributed by atoms with Gasteiger partial charge in [0.2, 0.25) is 0 Å². The highest BCUT2D eigenvalue weighted by molar-refractivity contribution is 7.18. The first kappa shape index (κ1) is 14.8. The second-order valence-electron chi connectivity index (χ2n) is 3.69. The number of amides is 1. The molecule has 1 aromatic heterocycles. The van der Waals surface area contributed by atoms with E-state index < -0.39 is 11.7 Å². The third kappa shape index (κ3) is 2.95. The highest BCUT2D eigenvalue weighted by Gasteiger charge is 2.17. The van der Waals surface area contributed by atoms with Crippen molar-refractivity contribution in [2.24, 2.45) is 0 Å². The number of carbonyl (C=O) groups excluding carboxylic acids is 1. The van der Waals surface area contributed by atoms with Gasteiger partial charge in [0.05, 0.1) is 10.0 Å². The zero-order valence-electron chi connectivity index (χ0n) is 10.1. The number of anilines is 3. The van der Waals surface area contributed by atoms with Gasteiger partial charge in [0, 0.05) is 12.7 Å². The van der Waals surface area contributed by atoms with Crippen LogP contribution < -0.4 is 16.4 Å². The van der Waals surface area contributed by atoms with Crippen molar-refractivity contribution in [1.29, 1.82) is 0 Å². The normalized spacial score (nSPS) is 10.4. The Morgan fingerprint density at radius 1 is 1.40 bits per heavy atom. The number of thiazole rings is 1. The van der Waals surface area contributed by atoms with E-state index >= 15 is 0 Å². The maximum absolute atomic E-state index is 13.3. The number of aromatic nitrogens is 1. The van der Waals surface area contributed by atoms with E-state index in [1.807, 2.05) is 0 Å². The summed E-state index contributed by atoms with van der Waals surface area (Å²) in [6.07, 6.45) is 0. The summed E-state index contributed by atoms with van der Waals surface area (Å²) >= 11 is 12.4. The van der Waals surface area contributed by atoms with Gasteiger partial charge in [-0.25, -0.2) is 9.37 Å². The van der Waals surface area contributed by atoms with Gasteiger partial charge in [0.15, 0.2) is 10.9 Å². The zero-order valence-corrected chi connectivity index (χ0v) is 12.5. The Morgan fingerprint density at radius 2 is 2.00 bits per heavy atom. The molecule has 1 amide bonds. The summed E-state index contributed by atoms with van der Waals surface area (Å²) in [4.78, 5) is 16.2. The SMILES string of the molecule is CNc1nc(N)c(C(=O)Nc2cc(Cl)c(F)c(Cl)c2)s1. The minimum Gasteiger partial charge on any atom is -0.382 e. The molecule has 0 aliphatic rings. The molecule has 2 aromatic rings. The highest BCUT2D eigenvalue weighted by atomic mass is 35.5. The van der Waals surface area contributed by atoms with E-state index in [0.717, 1.165) is 11.3 Å². The van der Waals surface area contributed by atoms with Crippen LogP contribution in [-0.2, 0) is 0 Å². The smallest absolute Gasteiger partial charge is 0.269 e. The van der Waals surface area contributed by atoms with Crippen LogP contribution in [-0.4, -0.2) is 17.9 Å². The molecule has 9 heteroatoms. The Bertz CT molecular complexity index is 653. The molecular weight excluding hydrogens is 326 g/mol. The van der Waals surface area contributed by atoms with Gasteiger partial charge in [0.25, 0.3) is 5.91 Å². The van der Waals surface area contributed by atoms with Gasteiger partial charge in [0.1, 0.15) is 10.7 Å². The number of nitrogens with two attached hydrogens (primary N) is 1. The van der Waals surface area contributed by atoms with E-state index in [1.165, 1.54) is 12.1 Å². The second-order valence-corrected chi connectivity index (χ2v) is 5.50. The van der Waals surface area contributed by atoms with Crippen LogP contribution in [0.15, 0.2) is 12.1 Å². The summed E-state index contributed by atoms with van der Waals surface area (Å²) in [6, 6.07) is 2.52. The van der Waals surface area contributed by atoms with Gasteiger partial charge in [-0.3, -0.25) is 4.79 Å². The summed E-state index contributed by atoms with van der Waals surface area (Å²) in [5, 5.41) is 5.48. The number of nitrogen functional groups attached to an aromatic ring is 1. The Morgan fingerprint density at radius 3 is 2.50 bits per heavy atom. The maximum Gasteiger partial charge on any atom is 0.269 e. The topological polar surface area (TPSA) is 80.0 Å². The molecule has 106 valence electrons. The number of carbonyl (C=O) groups is 1. The van der Waals surface area contributed by atoms with Gasteiger partial charge < -0.3 is 16.4 Å². The third-order valence-electron chi connectivity index (χ3n) is 2.32. The minimum atomic E-state index is -0.735. The molecule has 2 rings (SSSR count). The number of benzene rings is 1. The number of nitrogens with zero attached hydrogens (tertiary/aromatic N) is 1. The number of hydrogen-bond acceptors (Lipinski definition) is 5. The largest absolute Gasteiger partial charge is 0.382 e. The van der Waals surface area contributed by atoms with E-state index in [9.17, 15) is 9.18 Å². The van der Waals surface area contributed by atoms with Crippen LogP contribution in [0.5, 0.6) is 0 Å². The molecule has 1 aromatic carbocycles. The summed E-state index contributed by atoms with van der Waals surface area (Å²) in [7, 11) is 1.67. The first-order chi connectivity index (χ1) is 9.42. The molecule has 1 heterocycles. The summed E-state index contributed by atoms with van der Waals surface area (Å²) < 4.78 is 13.3. The highest BCUT2D eigenvalue weighted by Crippen LogP contribution is 2.29. The average molecular weight is 335 g/mol. The molecule has 0 saturated carbocycles. The van der Waals surface area contributed by atoms with E-state index in [2.05, 4.69) is 15.6 Å². The molecule has 0 bridgehead atoms. The Balaban J connectivity index is 2.25. The van der Waals surface area contributed by atoms with Crippen LogP contribution >= 0.6 is 34.5 Å². The van der Waals surface area contributed by atoms with Crippen molar-refractivity contribution < 1.29 is 9.18 Å². The predicted octanol–water partition coefficient (Wildman–Crippen LogP) is 3.47. The molecule has 20 heavy (non-hydrogen) atoms. The molecule has 0 aliphatic carbocycles. The fraction of sp³-hybridized carbons (Fsp3) is 0.0909. The quantitative estimate of drug-likeness (QED) is 0.751. The summed E-state index contributed by atoms with van der Waals surface area (Å²) in [5.74, 6) is -1.10. The molecule has 0 saturated heterocycles. The van der Waals surface area contributed by atoms with Crippen molar-refractivity contribution in [3.05, 3.63) is 32.9 Å². The van der Waals surface area contributed by atoms with Gasteiger partial charge in [-0.05, 0) is 12.1 Å². The van der Waals surface area contributed by atoms with Crippen LogP contribution in [0.1, 0.15) is 9.67 Å². The summed E-state index contributed by atoms with van der Waals surface area (Å²) in [5.41, 5.74) is 5.91. The van der Waals surface area contributed by atoms with Crippen molar-refractivity contribution in [2.75, 3.05) is 23.4 Å². The fourth-order valence-corrected chi connectivity index (χ4v) is 2.64. The molecule has 5 nitrogen and oxygen atoms in total. The van der Waals surface area contributed by atoms with Gasteiger partial charge in [-0.15, -0.1) is 0 Å². The molecule has 0 fully saturated rings. The molecular formula is C11H9Cl2FN4OS. The molecule has 0 aliphatic heterocycles. The van der Waals surface area contributed by atoms with Crippen LogP contribution in [0, 0.1) is 5.82 Å². The van der Waals surface area contributed by atoms with Crippen molar-refractivity contribution in [2.45, 2.75) is 0 Å². The van der Waals surface area contributed by atoms with Gasteiger partial charge in [-0.1, -0.05) is 34.5 Å². The number of nitrogens with one attached hydrogen (secondary N) is 2. The first-order valence-corrected chi connectivity index (χ1v) is 6.89. The van der Waals surface area contributed by atoms with Crippen molar-refractivity contribution >= 4 is 57.1 Å². The lowest BCUT2D eigenvalue weighted by atomic mass is 10.3.